The van der Waals surface area contributed by atoms with E-state index >= 15 is 0 Å². The van der Waals surface area contributed by atoms with E-state index in [2.05, 4.69) is 5.10 Å². The third-order valence-corrected chi connectivity index (χ3v) is 7.26. The van der Waals surface area contributed by atoms with Crippen LogP contribution in [0.3, 0.4) is 0 Å². The Balaban J connectivity index is 1.73. The number of Topliss-reactive ketones (excluding diaryl/α,β-unsaturated/α-hetero) is 2. The fourth-order valence-electron chi connectivity index (χ4n) is 4.95. The van der Waals surface area contributed by atoms with Crippen LogP contribution in [0.15, 0.2) is 41.0 Å². The van der Waals surface area contributed by atoms with Crippen LogP contribution in [0.25, 0.3) is 15.9 Å². The Hall–Kier alpha value is -2.80. The van der Waals surface area contributed by atoms with Crippen LogP contribution in [0, 0.1) is 18.8 Å². The van der Waals surface area contributed by atoms with Gasteiger partial charge in [0.2, 0.25) is 0 Å². The van der Waals surface area contributed by atoms with Crippen molar-refractivity contribution in [1.29, 1.82) is 0 Å². The van der Waals surface area contributed by atoms with Crippen molar-refractivity contribution in [3.63, 3.8) is 0 Å². The number of hydrogen-bond acceptors (Lipinski definition) is 5. The number of aromatic nitrogens is 3. The summed E-state index contributed by atoms with van der Waals surface area (Å²) < 4.78 is 4.25. The highest BCUT2D eigenvalue weighted by atomic mass is 32.1. The molecule has 2 unspecified atom stereocenters. The van der Waals surface area contributed by atoms with Gasteiger partial charge < -0.3 is 0 Å². The predicted octanol–water partition coefficient (Wildman–Crippen LogP) is 3.68. The first-order valence-corrected chi connectivity index (χ1v) is 10.8. The van der Waals surface area contributed by atoms with E-state index in [-0.39, 0.29) is 33.8 Å². The number of ketones is 2. The lowest BCUT2D eigenvalue weighted by Gasteiger charge is -2.25. The lowest BCUT2D eigenvalue weighted by Crippen LogP contribution is -2.29. The number of thiazole rings is 1. The number of carbonyl (C=O) groups excluding carboxylic acids is 2. The molecule has 6 nitrogen and oxygen atoms in total. The van der Waals surface area contributed by atoms with Crippen LogP contribution in [-0.4, -0.2) is 25.9 Å². The van der Waals surface area contributed by atoms with E-state index in [4.69, 9.17) is 0 Å². The zero-order valence-electron chi connectivity index (χ0n) is 16.3. The fourth-order valence-corrected chi connectivity index (χ4v) is 5.96. The molecule has 2 aromatic heterocycles. The molecule has 0 aliphatic heterocycles. The van der Waals surface area contributed by atoms with Crippen molar-refractivity contribution in [2.24, 2.45) is 11.8 Å². The monoisotopic (exact) mass is 407 g/mol. The summed E-state index contributed by atoms with van der Waals surface area (Å²) in [6, 6.07) is 5.39. The van der Waals surface area contributed by atoms with Gasteiger partial charge >= 0.3 is 4.87 Å². The van der Waals surface area contributed by atoms with Crippen molar-refractivity contribution in [1.82, 2.24) is 14.3 Å². The van der Waals surface area contributed by atoms with E-state index in [0.717, 1.165) is 40.7 Å². The maximum atomic E-state index is 13.7. The molecule has 148 valence electrons. The Kier molecular flexibility index (Phi) is 4.17. The van der Waals surface area contributed by atoms with Gasteiger partial charge in [0.25, 0.3) is 0 Å². The zero-order valence-corrected chi connectivity index (χ0v) is 17.2. The van der Waals surface area contributed by atoms with Crippen LogP contribution in [0.2, 0.25) is 0 Å². The van der Waals surface area contributed by atoms with Crippen molar-refractivity contribution in [3.05, 3.63) is 57.0 Å². The van der Waals surface area contributed by atoms with Crippen LogP contribution in [-0.2, 0) is 11.3 Å². The van der Waals surface area contributed by atoms with Crippen LogP contribution < -0.4 is 4.87 Å². The number of hydrogen-bond donors (Lipinski definition) is 0. The normalized spacial score (nSPS) is 21.4. The van der Waals surface area contributed by atoms with Crippen LogP contribution in [0.1, 0.15) is 42.1 Å². The van der Waals surface area contributed by atoms with Crippen molar-refractivity contribution in [2.45, 2.75) is 39.7 Å². The molecule has 1 saturated carbocycles. The van der Waals surface area contributed by atoms with E-state index in [1.54, 1.807) is 27.7 Å². The molecule has 3 aromatic rings. The van der Waals surface area contributed by atoms with Gasteiger partial charge in [-0.25, -0.2) is 4.68 Å². The van der Waals surface area contributed by atoms with E-state index in [0.29, 0.717) is 12.1 Å². The molecule has 2 aliphatic carbocycles. The van der Waals surface area contributed by atoms with Crippen LogP contribution >= 0.6 is 11.3 Å². The van der Waals surface area contributed by atoms with Crippen molar-refractivity contribution < 1.29 is 9.59 Å². The number of carbonyl (C=O) groups is 2. The molecule has 2 bridgehead atoms. The third-order valence-electron chi connectivity index (χ3n) is 6.31. The molecule has 0 spiro atoms. The molecule has 0 N–H and O–H groups in total. The Morgan fingerprint density at radius 1 is 1.24 bits per heavy atom. The molecule has 0 saturated heterocycles. The predicted molar refractivity (Wildman–Crippen MR) is 112 cm³/mol. The first kappa shape index (κ1) is 18.2. The van der Waals surface area contributed by atoms with Gasteiger partial charge in [0.15, 0.2) is 11.6 Å². The highest BCUT2D eigenvalue weighted by Gasteiger charge is 2.44. The fraction of sp³-hybridized carbons (Fsp3) is 0.364. The van der Waals surface area contributed by atoms with Gasteiger partial charge in [0, 0.05) is 36.3 Å². The summed E-state index contributed by atoms with van der Waals surface area (Å²) in [5.41, 5.74) is 3.05. The smallest absolute Gasteiger partial charge is 0.299 e. The molecule has 7 heteroatoms. The Labute approximate surface area is 171 Å². The lowest BCUT2D eigenvalue weighted by atomic mass is 9.81. The summed E-state index contributed by atoms with van der Waals surface area (Å²) in [4.78, 5) is 39.2. The third kappa shape index (κ3) is 2.60. The van der Waals surface area contributed by atoms with Gasteiger partial charge in [-0.15, -0.1) is 0 Å². The van der Waals surface area contributed by atoms with Gasteiger partial charge in [0.05, 0.1) is 21.5 Å². The molecule has 1 aromatic carbocycles. The molecule has 2 atom stereocenters. The molecule has 2 aliphatic rings. The summed E-state index contributed by atoms with van der Waals surface area (Å²) in [6.07, 6.45) is 5.99. The maximum Gasteiger partial charge on any atom is 0.308 e. The number of allylic oxidation sites excluding steroid dienone is 2. The molecule has 0 amide bonds. The number of nitrogens with zero attached hydrogens (tertiary/aromatic N) is 3. The van der Waals surface area contributed by atoms with Crippen molar-refractivity contribution in [3.8, 4) is 0 Å². The SMILES string of the molecule is CCn1c(=O)sc2ccc(C(=O)C3=C(n4cccn4)C4CCC(C4)C3=O)c(C)c21. The number of rotatable bonds is 4. The topological polar surface area (TPSA) is 74.0 Å². The van der Waals surface area contributed by atoms with Crippen molar-refractivity contribution >= 4 is 38.8 Å². The summed E-state index contributed by atoms with van der Waals surface area (Å²) in [5, 5.41) is 4.33. The second kappa shape index (κ2) is 6.62. The van der Waals surface area contributed by atoms with Gasteiger partial charge in [0.1, 0.15) is 0 Å². The summed E-state index contributed by atoms with van der Waals surface area (Å²) in [5.74, 6) is -0.211. The molecular formula is C22H21N3O3S. The Morgan fingerprint density at radius 3 is 2.76 bits per heavy atom. The van der Waals surface area contributed by atoms with E-state index in [1.165, 1.54) is 11.3 Å². The number of aryl methyl sites for hydroxylation is 2. The quantitative estimate of drug-likeness (QED) is 0.488. The van der Waals surface area contributed by atoms with Gasteiger partial charge in [-0.2, -0.15) is 5.10 Å². The Morgan fingerprint density at radius 2 is 2.03 bits per heavy atom. The van der Waals surface area contributed by atoms with Crippen LogP contribution in [0.5, 0.6) is 0 Å². The first-order chi connectivity index (χ1) is 14.0. The average Bonchev–Trinajstić information content (AvgIpc) is 3.44. The zero-order chi connectivity index (χ0) is 20.3. The second-order valence-electron chi connectivity index (χ2n) is 7.81. The molecule has 2 heterocycles. The largest absolute Gasteiger partial charge is 0.308 e. The first-order valence-electron chi connectivity index (χ1n) is 9.97. The molecule has 0 radical (unpaired) electrons. The summed E-state index contributed by atoms with van der Waals surface area (Å²) in [7, 11) is 0. The number of fused-ring (bicyclic) bond motifs is 3. The van der Waals surface area contributed by atoms with Crippen molar-refractivity contribution in [2.75, 3.05) is 0 Å². The van der Waals surface area contributed by atoms with Gasteiger partial charge in [-0.3, -0.25) is 19.0 Å². The number of benzene rings is 1. The molecule has 29 heavy (non-hydrogen) atoms. The highest BCUT2D eigenvalue weighted by Crippen LogP contribution is 2.46. The van der Waals surface area contributed by atoms with E-state index in [9.17, 15) is 14.4 Å². The molecular weight excluding hydrogens is 386 g/mol. The average molecular weight is 407 g/mol. The maximum absolute atomic E-state index is 13.7. The molecule has 5 rings (SSSR count). The summed E-state index contributed by atoms with van der Waals surface area (Å²) >= 11 is 1.19. The summed E-state index contributed by atoms with van der Waals surface area (Å²) in [6.45, 7) is 4.33. The molecule has 1 fully saturated rings. The Bertz CT molecular complexity index is 1250. The second-order valence-corrected chi connectivity index (χ2v) is 8.80. The minimum absolute atomic E-state index is 0.0292. The van der Waals surface area contributed by atoms with Gasteiger partial charge in [-0.1, -0.05) is 11.3 Å². The van der Waals surface area contributed by atoms with Gasteiger partial charge in [-0.05, 0) is 56.9 Å². The standard InChI is InChI=1S/C22H21N3O3S/c1-3-24-18-12(2)15(7-8-16(18)29-22(24)28)21(27)17-19(25-10-4-9-23-25)13-5-6-14(11-13)20(17)26/h4,7-10,13-14H,3,5-6,11H2,1-2H3. The minimum Gasteiger partial charge on any atom is -0.299 e. The highest BCUT2D eigenvalue weighted by molar-refractivity contribution is 7.16. The van der Waals surface area contributed by atoms with E-state index in [1.807, 2.05) is 26.0 Å². The van der Waals surface area contributed by atoms with Crippen LogP contribution in [0.4, 0.5) is 0 Å². The van der Waals surface area contributed by atoms with E-state index < -0.39 is 0 Å². The lowest BCUT2D eigenvalue weighted by molar-refractivity contribution is -0.119. The minimum atomic E-state index is -0.252.